The second kappa shape index (κ2) is 13.1. The lowest BCUT2D eigenvalue weighted by atomic mass is 9.72. The highest BCUT2D eigenvalue weighted by atomic mass is 35.5. The van der Waals surface area contributed by atoms with E-state index in [1.807, 2.05) is 50.9 Å². The van der Waals surface area contributed by atoms with Gasteiger partial charge in [-0.25, -0.2) is 4.79 Å². The molecule has 0 atom stereocenters. The molecule has 3 aliphatic heterocycles. The van der Waals surface area contributed by atoms with Gasteiger partial charge in [0.05, 0.1) is 23.3 Å². The lowest BCUT2D eigenvalue weighted by molar-refractivity contribution is -0.0434. The van der Waals surface area contributed by atoms with Crippen LogP contribution < -0.4 is 14.4 Å². The van der Waals surface area contributed by atoms with E-state index in [-0.39, 0.29) is 17.6 Å². The summed E-state index contributed by atoms with van der Waals surface area (Å²) in [5.74, 6) is 1.42. The first-order chi connectivity index (χ1) is 23.5. The van der Waals surface area contributed by atoms with Crippen LogP contribution in [-0.2, 0) is 4.74 Å². The molecule has 1 spiro atoms. The number of aryl methyl sites for hydroxylation is 1. The van der Waals surface area contributed by atoms with Gasteiger partial charge in [-0.05, 0) is 84.5 Å². The van der Waals surface area contributed by atoms with Crippen molar-refractivity contribution < 1.29 is 19.0 Å². The molecule has 4 aromatic rings. The molecular weight excluding hydrogens is 642 g/mol. The number of anilines is 1. The predicted molar refractivity (Wildman–Crippen MR) is 193 cm³/mol. The highest BCUT2D eigenvalue weighted by Crippen LogP contribution is 2.48. The number of aromatic nitrogens is 4. The number of H-pyrrole nitrogens is 1. The number of hydrogen-bond acceptors (Lipinski definition) is 9. The number of halogens is 1. The Morgan fingerprint density at radius 2 is 1.78 bits per heavy atom. The summed E-state index contributed by atoms with van der Waals surface area (Å²) in [5.41, 5.74) is 4.02. The van der Waals surface area contributed by atoms with Crippen LogP contribution in [0.3, 0.4) is 0 Å². The maximum Gasteiger partial charge on any atom is 0.410 e. The molecule has 49 heavy (non-hydrogen) atoms. The van der Waals surface area contributed by atoms with Crippen molar-refractivity contribution in [3.8, 4) is 22.9 Å². The van der Waals surface area contributed by atoms with Crippen molar-refractivity contribution >= 4 is 45.3 Å². The minimum absolute atomic E-state index is 0.0378. The SMILES string of the molecule is CCOc1c(-c2c(C)ccc3[nH]ncc23)c(Cl)cc2c(N3CCC4(CC3)CN(C(=O)OC(C)(C)C)C4)nc(OC3CCN(CC)CC3)nc12. The summed E-state index contributed by atoms with van der Waals surface area (Å²) in [4.78, 5) is 29.5. The molecule has 262 valence electrons. The highest BCUT2D eigenvalue weighted by Gasteiger charge is 2.48. The molecule has 2 aromatic heterocycles. The van der Waals surface area contributed by atoms with Crippen molar-refractivity contribution in [3.63, 3.8) is 0 Å². The van der Waals surface area contributed by atoms with Gasteiger partial charge in [-0.3, -0.25) is 5.10 Å². The van der Waals surface area contributed by atoms with Crippen LogP contribution in [0.15, 0.2) is 24.4 Å². The van der Waals surface area contributed by atoms with Gasteiger partial charge >= 0.3 is 12.1 Å². The van der Waals surface area contributed by atoms with Gasteiger partial charge in [0.2, 0.25) is 0 Å². The number of nitrogens with one attached hydrogen (secondary N) is 1. The Morgan fingerprint density at radius 3 is 2.45 bits per heavy atom. The molecular formula is C37H48ClN7O4. The fraction of sp³-hybridized carbons (Fsp3) is 0.568. The van der Waals surface area contributed by atoms with Crippen LogP contribution >= 0.6 is 11.6 Å². The Kier molecular flexibility index (Phi) is 9.02. The number of likely N-dealkylation sites (tertiary alicyclic amines) is 2. The number of amides is 1. The van der Waals surface area contributed by atoms with E-state index in [1.165, 1.54) is 0 Å². The number of aromatic amines is 1. The van der Waals surface area contributed by atoms with E-state index < -0.39 is 5.60 Å². The van der Waals surface area contributed by atoms with E-state index in [1.54, 1.807) is 0 Å². The van der Waals surface area contributed by atoms with Crippen molar-refractivity contribution in [3.05, 3.63) is 35.0 Å². The molecule has 3 aliphatic rings. The van der Waals surface area contributed by atoms with E-state index in [0.29, 0.717) is 42.0 Å². The summed E-state index contributed by atoms with van der Waals surface area (Å²) in [6, 6.07) is 6.46. The second-order valence-corrected chi connectivity index (χ2v) is 15.3. The quantitative estimate of drug-likeness (QED) is 0.215. The molecule has 11 nitrogen and oxygen atoms in total. The van der Waals surface area contributed by atoms with Crippen LogP contribution in [0, 0.1) is 12.3 Å². The van der Waals surface area contributed by atoms with Gasteiger partial charge in [0, 0.05) is 66.6 Å². The van der Waals surface area contributed by atoms with Crippen LogP contribution in [-0.4, -0.2) is 100 Å². The van der Waals surface area contributed by atoms with Gasteiger partial charge in [-0.2, -0.15) is 15.1 Å². The van der Waals surface area contributed by atoms with Crippen molar-refractivity contribution in [2.75, 3.05) is 57.3 Å². The molecule has 3 saturated heterocycles. The predicted octanol–water partition coefficient (Wildman–Crippen LogP) is 7.23. The summed E-state index contributed by atoms with van der Waals surface area (Å²) in [6.45, 7) is 18.5. The van der Waals surface area contributed by atoms with Gasteiger partial charge in [0.25, 0.3) is 0 Å². The lowest BCUT2D eigenvalue weighted by Gasteiger charge is -2.53. The Hall–Kier alpha value is -3.83. The number of fused-ring (bicyclic) bond motifs is 2. The number of carbonyl (C=O) groups is 1. The zero-order valence-electron chi connectivity index (χ0n) is 29.6. The van der Waals surface area contributed by atoms with Gasteiger partial charge < -0.3 is 28.9 Å². The molecule has 2 aromatic carbocycles. The highest BCUT2D eigenvalue weighted by molar-refractivity contribution is 6.35. The number of rotatable bonds is 7. The van der Waals surface area contributed by atoms with Crippen LogP contribution in [0.5, 0.6) is 11.8 Å². The minimum Gasteiger partial charge on any atom is -0.491 e. The standard InChI is InChI=1S/C37H48ClN7O4/c1-7-43-15-11-24(12-16-43)48-34-40-31-25(19-27(38)30(32(31)47-8-2)29-23(3)9-10-28-26(29)20-39-42-28)33(41-34)44-17-13-37(14-18-44)21-45(22-37)35(46)49-36(4,5)6/h9-10,19-20,24H,7-8,11-18,21-22H2,1-6H3,(H,39,42). The molecule has 0 bridgehead atoms. The van der Waals surface area contributed by atoms with Gasteiger partial charge in [-0.15, -0.1) is 0 Å². The number of hydrogen-bond donors (Lipinski definition) is 1. The third-order valence-corrected chi connectivity index (χ3v) is 10.6. The number of nitrogens with zero attached hydrogens (tertiary/aromatic N) is 6. The Balaban J connectivity index is 1.26. The number of piperidine rings is 2. The normalized spacial score (nSPS) is 18.7. The monoisotopic (exact) mass is 689 g/mol. The third-order valence-electron chi connectivity index (χ3n) is 10.3. The molecule has 5 heterocycles. The summed E-state index contributed by atoms with van der Waals surface area (Å²) < 4.78 is 18.7. The Labute approximate surface area is 293 Å². The summed E-state index contributed by atoms with van der Waals surface area (Å²) in [7, 11) is 0. The fourth-order valence-electron chi connectivity index (χ4n) is 7.66. The van der Waals surface area contributed by atoms with Crippen LogP contribution in [0.1, 0.15) is 65.9 Å². The molecule has 1 N–H and O–H groups in total. The maximum atomic E-state index is 12.7. The molecule has 0 unspecified atom stereocenters. The Bertz CT molecular complexity index is 1850. The third kappa shape index (κ3) is 6.59. The van der Waals surface area contributed by atoms with Gasteiger partial charge in [0.15, 0.2) is 5.75 Å². The van der Waals surface area contributed by atoms with Crippen molar-refractivity contribution in [2.24, 2.45) is 5.41 Å². The van der Waals surface area contributed by atoms with E-state index in [0.717, 1.165) is 97.2 Å². The summed E-state index contributed by atoms with van der Waals surface area (Å²) in [6.07, 6.45) is 5.38. The van der Waals surface area contributed by atoms with Crippen molar-refractivity contribution in [1.82, 2.24) is 30.0 Å². The zero-order valence-corrected chi connectivity index (χ0v) is 30.3. The lowest BCUT2D eigenvalue weighted by Crippen LogP contribution is -2.62. The molecule has 0 radical (unpaired) electrons. The van der Waals surface area contributed by atoms with Crippen LogP contribution in [0.25, 0.3) is 32.9 Å². The van der Waals surface area contributed by atoms with E-state index in [9.17, 15) is 4.79 Å². The van der Waals surface area contributed by atoms with Crippen LogP contribution in [0.4, 0.5) is 10.6 Å². The zero-order chi connectivity index (χ0) is 34.5. The first kappa shape index (κ1) is 33.7. The van der Waals surface area contributed by atoms with Gasteiger partial charge in [0.1, 0.15) is 23.0 Å². The fourth-order valence-corrected chi connectivity index (χ4v) is 7.95. The van der Waals surface area contributed by atoms with Gasteiger partial charge in [-0.1, -0.05) is 24.6 Å². The first-order valence-corrected chi connectivity index (χ1v) is 18.1. The van der Waals surface area contributed by atoms with Crippen molar-refractivity contribution in [1.29, 1.82) is 0 Å². The molecule has 3 fully saturated rings. The molecule has 7 rings (SSSR count). The van der Waals surface area contributed by atoms with Crippen LogP contribution in [0.2, 0.25) is 5.02 Å². The molecule has 0 saturated carbocycles. The number of benzene rings is 2. The largest absolute Gasteiger partial charge is 0.491 e. The topological polar surface area (TPSA) is 109 Å². The minimum atomic E-state index is -0.505. The summed E-state index contributed by atoms with van der Waals surface area (Å²) >= 11 is 7.25. The average Bonchev–Trinajstić information content (AvgIpc) is 3.53. The van der Waals surface area contributed by atoms with E-state index in [2.05, 4.69) is 39.9 Å². The van der Waals surface area contributed by atoms with Crippen molar-refractivity contribution in [2.45, 2.75) is 78.9 Å². The van der Waals surface area contributed by atoms with E-state index >= 15 is 0 Å². The van der Waals surface area contributed by atoms with E-state index in [4.69, 9.17) is 35.8 Å². The molecule has 1 amide bonds. The average molecular weight is 690 g/mol. The first-order valence-electron chi connectivity index (χ1n) is 17.7. The second-order valence-electron chi connectivity index (χ2n) is 14.9. The maximum absolute atomic E-state index is 12.7. The Morgan fingerprint density at radius 1 is 1.04 bits per heavy atom. The number of carbonyl (C=O) groups excluding carboxylic acids is 1. The molecule has 12 heteroatoms. The molecule has 0 aliphatic carbocycles. The number of ether oxygens (including phenoxy) is 3. The smallest absolute Gasteiger partial charge is 0.410 e. The summed E-state index contributed by atoms with van der Waals surface area (Å²) in [5, 5.41) is 9.79.